The molecule has 0 saturated carbocycles. The Morgan fingerprint density at radius 2 is 0.875 bits per heavy atom. The minimum absolute atomic E-state index is 0.0824. The highest BCUT2D eigenvalue weighted by Crippen LogP contribution is 2.56. The molecule has 2 aromatic heterocycles. The van der Waals surface area contributed by atoms with Gasteiger partial charge in [-0.1, -0.05) is 149 Å². The third kappa shape index (κ3) is 5.99. The van der Waals surface area contributed by atoms with Crippen molar-refractivity contribution in [3.8, 4) is 62.0 Å². The van der Waals surface area contributed by atoms with Crippen LogP contribution in [0.2, 0.25) is 0 Å². The number of nitriles is 1. The molecular formula is C63H41F6N3. The van der Waals surface area contributed by atoms with Crippen LogP contribution in [0.25, 0.3) is 99.5 Å². The van der Waals surface area contributed by atoms with E-state index in [1.165, 1.54) is 22.3 Å². The predicted molar refractivity (Wildman–Crippen MR) is 276 cm³/mol. The summed E-state index contributed by atoms with van der Waals surface area (Å²) < 4.78 is 91.8. The number of rotatable bonds is 4. The molecule has 3 nitrogen and oxygen atoms in total. The standard InChI is InChI=1S/C63H41F6N3/c1-60(2)47-17-9-5-13-39(47)43-27-29-52-56(58(43)60)45-15-7-11-19-50(45)71(52)54-31-35(34-70)21-24-41(54)42-25-22-36(38-26-23-37(62(64,65)66)33-49(38)63(67,68)69)32-55(42)72-51-20-12-8-16-46(51)57-53(72)30-28-44-40-14-6-10-18-48(40)61(3,4)59(44)57/h5-33H,1-4H3. The highest BCUT2D eigenvalue weighted by Gasteiger charge is 2.41. The van der Waals surface area contributed by atoms with Gasteiger partial charge in [0.2, 0.25) is 0 Å². The van der Waals surface area contributed by atoms with Crippen LogP contribution in [0, 0.1) is 11.3 Å². The summed E-state index contributed by atoms with van der Waals surface area (Å²) in [7, 11) is 0. The molecule has 0 radical (unpaired) electrons. The smallest absolute Gasteiger partial charge is 0.309 e. The summed E-state index contributed by atoms with van der Waals surface area (Å²) in [6, 6.07) is 56.2. The Hall–Kier alpha value is -8.35. The monoisotopic (exact) mass is 953 g/mol. The normalized spacial score (nSPS) is 14.5. The molecule has 0 amide bonds. The molecule has 0 atom stereocenters. The summed E-state index contributed by atoms with van der Waals surface area (Å²) >= 11 is 0. The fourth-order valence-corrected chi connectivity index (χ4v) is 12.5. The second-order valence-electron chi connectivity index (χ2n) is 20.1. The van der Waals surface area contributed by atoms with Crippen LogP contribution in [0.5, 0.6) is 0 Å². The molecule has 0 fully saturated rings. The quantitative estimate of drug-likeness (QED) is 0.162. The van der Waals surface area contributed by atoms with E-state index in [9.17, 15) is 18.4 Å². The fourth-order valence-electron chi connectivity index (χ4n) is 12.5. The molecule has 0 aliphatic heterocycles. The second-order valence-corrected chi connectivity index (χ2v) is 20.1. The maximum absolute atomic E-state index is 15.1. The second kappa shape index (κ2) is 14.8. The molecule has 0 bridgehead atoms. The average Bonchev–Trinajstić information content (AvgIpc) is 4.04. The van der Waals surface area contributed by atoms with Gasteiger partial charge < -0.3 is 9.13 Å². The first kappa shape index (κ1) is 43.7. The van der Waals surface area contributed by atoms with E-state index >= 15 is 13.2 Å². The first-order valence-corrected chi connectivity index (χ1v) is 23.8. The fraction of sp³-hybridized carbons (Fsp3) is 0.127. The number of nitrogens with zero attached hydrogens (tertiary/aromatic N) is 3. The molecule has 2 aliphatic carbocycles. The van der Waals surface area contributed by atoms with Crippen LogP contribution in [-0.4, -0.2) is 9.13 Å². The Kier molecular flexibility index (Phi) is 9.00. The van der Waals surface area contributed by atoms with Crippen LogP contribution >= 0.6 is 0 Å². The third-order valence-electron chi connectivity index (χ3n) is 15.6. The lowest BCUT2D eigenvalue weighted by atomic mass is 9.80. The topological polar surface area (TPSA) is 33.6 Å². The molecule has 9 aromatic carbocycles. The van der Waals surface area contributed by atoms with Crippen molar-refractivity contribution < 1.29 is 26.3 Å². The van der Waals surface area contributed by atoms with Crippen LogP contribution < -0.4 is 0 Å². The van der Waals surface area contributed by atoms with Crippen molar-refractivity contribution in [3.63, 3.8) is 0 Å². The minimum atomic E-state index is -5.11. The number of benzene rings is 9. The maximum atomic E-state index is 15.1. The van der Waals surface area contributed by atoms with Crippen molar-refractivity contribution in [2.45, 2.75) is 50.9 Å². The first-order chi connectivity index (χ1) is 34.5. The Morgan fingerprint density at radius 1 is 0.417 bits per heavy atom. The molecule has 0 N–H and O–H groups in total. The number of hydrogen-bond acceptors (Lipinski definition) is 1. The van der Waals surface area contributed by atoms with Gasteiger partial charge in [0.05, 0.1) is 56.2 Å². The van der Waals surface area contributed by atoms with E-state index in [0.717, 1.165) is 71.9 Å². The van der Waals surface area contributed by atoms with Crippen LogP contribution in [0.4, 0.5) is 26.3 Å². The maximum Gasteiger partial charge on any atom is 0.417 e. The highest BCUT2D eigenvalue weighted by molar-refractivity contribution is 6.16. The van der Waals surface area contributed by atoms with E-state index in [4.69, 9.17) is 0 Å². The summed E-state index contributed by atoms with van der Waals surface area (Å²) in [6.07, 6.45) is -10.1. The molecule has 11 aromatic rings. The van der Waals surface area contributed by atoms with E-state index < -0.39 is 28.9 Å². The molecule has 2 aliphatic rings. The minimum Gasteiger partial charge on any atom is -0.309 e. The molecule has 350 valence electrons. The van der Waals surface area contributed by atoms with Gasteiger partial charge in [-0.2, -0.15) is 31.6 Å². The molecule has 2 heterocycles. The van der Waals surface area contributed by atoms with E-state index in [2.05, 4.69) is 122 Å². The predicted octanol–water partition coefficient (Wildman–Crippen LogP) is 17.7. The van der Waals surface area contributed by atoms with Crippen LogP contribution in [0.3, 0.4) is 0 Å². The van der Waals surface area contributed by atoms with Gasteiger partial charge in [0.1, 0.15) is 0 Å². The van der Waals surface area contributed by atoms with Gasteiger partial charge in [0.15, 0.2) is 0 Å². The Morgan fingerprint density at radius 3 is 1.39 bits per heavy atom. The van der Waals surface area contributed by atoms with Gasteiger partial charge in [-0.05, 0) is 110 Å². The Balaban J connectivity index is 1.15. The Bertz CT molecular complexity index is 4210. The zero-order valence-electron chi connectivity index (χ0n) is 39.4. The van der Waals surface area contributed by atoms with E-state index in [1.807, 2.05) is 54.6 Å². The third-order valence-corrected chi connectivity index (χ3v) is 15.6. The number of halogens is 6. The van der Waals surface area contributed by atoms with E-state index in [0.29, 0.717) is 34.1 Å². The first-order valence-electron chi connectivity index (χ1n) is 23.8. The van der Waals surface area contributed by atoms with Crippen molar-refractivity contribution in [1.29, 1.82) is 5.26 Å². The zero-order chi connectivity index (χ0) is 49.8. The van der Waals surface area contributed by atoms with Crippen LogP contribution in [0.15, 0.2) is 176 Å². The summed E-state index contributed by atoms with van der Waals surface area (Å²) in [5.41, 5.74) is 11.7. The van der Waals surface area contributed by atoms with Crippen LogP contribution in [0.1, 0.15) is 66.6 Å². The number of alkyl halides is 6. The zero-order valence-corrected chi connectivity index (χ0v) is 39.4. The van der Waals surface area contributed by atoms with Crippen LogP contribution in [-0.2, 0) is 23.2 Å². The molecule has 72 heavy (non-hydrogen) atoms. The van der Waals surface area contributed by atoms with Gasteiger partial charge in [0.25, 0.3) is 0 Å². The molecular weight excluding hydrogens is 913 g/mol. The SMILES string of the molecule is CC1(C)c2ccccc2-c2ccc3c(c21)c1ccccc1n3-c1cc(C#N)ccc1-c1ccc(-c2ccc(C(F)(F)F)cc2C(F)(F)F)cc1-n1c2ccccc2c2c3c(ccc21)-c1ccccc1C3(C)C. The van der Waals surface area contributed by atoms with Gasteiger partial charge in [0, 0.05) is 43.5 Å². The summed E-state index contributed by atoms with van der Waals surface area (Å²) in [4.78, 5) is 0. The summed E-state index contributed by atoms with van der Waals surface area (Å²) in [5.74, 6) is 0. The molecule has 0 saturated heterocycles. The number of hydrogen-bond donors (Lipinski definition) is 0. The van der Waals surface area contributed by atoms with Gasteiger partial charge in [-0.15, -0.1) is 0 Å². The molecule has 13 rings (SSSR count). The largest absolute Gasteiger partial charge is 0.417 e. The number of aromatic nitrogens is 2. The summed E-state index contributed by atoms with van der Waals surface area (Å²) in [5, 5.41) is 14.6. The lowest BCUT2D eigenvalue weighted by Gasteiger charge is -2.23. The summed E-state index contributed by atoms with van der Waals surface area (Å²) in [6.45, 7) is 8.92. The lowest BCUT2D eigenvalue weighted by Crippen LogP contribution is -2.15. The number of fused-ring (bicyclic) bond motifs is 14. The van der Waals surface area contributed by atoms with Gasteiger partial charge in [-0.25, -0.2) is 0 Å². The van der Waals surface area contributed by atoms with Crippen molar-refractivity contribution >= 4 is 43.6 Å². The van der Waals surface area contributed by atoms with E-state index in [-0.39, 0.29) is 22.6 Å². The molecule has 9 heteroatoms. The van der Waals surface area contributed by atoms with Crippen molar-refractivity contribution in [2.24, 2.45) is 0 Å². The molecule has 0 unspecified atom stereocenters. The molecule has 0 spiro atoms. The highest BCUT2D eigenvalue weighted by atomic mass is 19.4. The van der Waals surface area contributed by atoms with Crippen molar-refractivity contribution in [1.82, 2.24) is 9.13 Å². The number of para-hydroxylation sites is 2. The van der Waals surface area contributed by atoms with Crippen molar-refractivity contribution in [3.05, 3.63) is 215 Å². The van der Waals surface area contributed by atoms with E-state index in [1.54, 1.807) is 24.3 Å². The van der Waals surface area contributed by atoms with Crippen molar-refractivity contribution in [2.75, 3.05) is 0 Å². The Labute approximate surface area is 410 Å². The average molecular weight is 954 g/mol. The van der Waals surface area contributed by atoms with Gasteiger partial charge in [-0.3, -0.25) is 0 Å². The lowest BCUT2D eigenvalue weighted by molar-refractivity contribution is -0.142. The van der Waals surface area contributed by atoms with Gasteiger partial charge >= 0.3 is 12.4 Å².